The van der Waals surface area contributed by atoms with Crippen LogP contribution in [0.4, 0.5) is 0 Å². The molecule has 0 heterocycles. The highest BCUT2D eigenvalue weighted by molar-refractivity contribution is 7.87. The van der Waals surface area contributed by atoms with Crippen LogP contribution in [0.5, 0.6) is 11.5 Å². The van der Waals surface area contributed by atoms with Gasteiger partial charge in [0.05, 0.1) is 18.6 Å². The van der Waals surface area contributed by atoms with Gasteiger partial charge < -0.3 is 13.7 Å². The van der Waals surface area contributed by atoms with Gasteiger partial charge in [-0.2, -0.15) is 8.42 Å². The summed E-state index contributed by atoms with van der Waals surface area (Å²) in [6.45, 7) is 6.14. The van der Waals surface area contributed by atoms with E-state index in [0.717, 1.165) is 24.0 Å². The molecule has 8 nitrogen and oxygen atoms in total. The Bertz CT molecular complexity index is 1500. The van der Waals surface area contributed by atoms with E-state index in [1.807, 2.05) is 12.1 Å². The van der Waals surface area contributed by atoms with Crippen LogP contribution in [0.25, 0.3) is 6.08 Å². The lowest BCUT2D eigenvalue weighted by atomic mass is 9.85. The predicted molar refractivity (Wildman–Crippen MR) is 154 cm³/mol. The molecule has 0 saturated carbocycles. The van der Waals surface area contributed by atoms with Gasteiger partial charge in [0.15, 0.2) is 22.2 Å². The molecule has 0 spiro atoms. The maximum Gasteiger partial charge on any atom is 0.339 e. The van der Waals surface area contributed by atoms with Crippen LogP contribution >= 0.6 is 0 Å². The molecule has 0 N–H and O–H groups in total. The fraction of sp³-hybridized carbons (Fsp3) is 0.300. The zero-order valence-electron chi connectivity index (χ0n) is 22.9. The molecule has 0 radical (unpaired) electrons. The Kier molecular flexibility index (Phi) is 10.9. The first-order valence-corrected chi connectivity index (χ1v) is 15.5. The molecule has 2 unspecified atom stereocenters. The van der Waals surface area contributed by atoms with Crippen LogP contribution in [0, 0.1) is 0 Å². The highest BCUT2D eigenvalue weighted by atomic mass is 32.2. The minimum atomic E-state index is -4.14. The van der Waals surface area contributed by atoms with Gasteiger partial charge in [0.25, 0.3) is 0 Å². The van der Waals surface area contributed by atoms with E-state index < -0.39 is 26.8 Å². The van der Waals surface area contributed by atoms with Crippen molar-refractivity contribution in [2.24, 2.45) is 0 Å². The van der Waals surface area contributed by atoms with Gasteiger partial charge in [0, 0.05) is 6.08 Å². The average molecular weight is 587 g/mol. The molecule has 2 atom stereocenters. The van der Waals surface area contributed by atoms with E-state index in [2.05, 4.69) is 13.8 Å². The van der Waals surface area contributed by atoms with Gasteiger partial charge in [0.1, 0.15) is 4.90 Å². The average Bonchev–Trinajstić information content (AvgIpc) is 2.95. The van der Waals surface area contributed by atoms with Crippen LogP contribution in [0.1, 0.15) is 62.1 Å². The lowest BCUT2D eigenvalue weighted by Gasteiger charge is -2.21. The molecule has 0 fully saturated rings. The fourth-order valence-corrected chi connectivity index (χ4v) is 5.64. The summed E-state index contributed by atoms with van der Waals surface area (Å²) in [5.41, 5.74) is 2.65. The summed E-state index contributed by atoms with van der Waals surface area (Å²) in [6, 6.07) is 18.2. The smallest absolute Gasteiger partial charge is 0.339 e. The van der Waals surface area contributed by atoms with E-state index in [1.54, 1.807) is 43.3 Å². The zero-order chi connectivity index (χ0) is 29.3. The first kappa shape index (κ1) is 30.9. The van der Waals surface area contributed by atoms with Crippen molar-refractivity contribution < 1.29 is 35.3 Å². The van der Waals surface area contributed by atoms with Crippen molar-refractivity contribution in [2.45, 2.75) is 55.2 Å². The molecule has 0 bridgehead atoms. The molecular weight excluding hydrogens is 552 g/mol. The number of carbonyl (C=O) groups excluding carboxylic acids is 1. The van der Waals surface area contributed by atoms with Crippen LogP contribution in [0.3, 0.4) is 0 Å². The topological polar surface area (TPSA) is 113 Å². The lowest BCUT2D eigenvalue weighted by Crippen LogP contribution is -2.11. The van der Waals surface area contributed by atoms with Crippen molar-refractivity contribution in [3.63, 3.8) is 0 Å². The minimum Gasteiger partial charge on any atom is -0.493 e. The first-order chi connectivity index (χ1) is 19.1. The van der Waals surface area contributed by atoms with Crippen molar-refractivity contribution >= 4 is 32.9 Å². The molecule has 0 aliphatic rings. The molecule has 214 valence electrons. The van der Waals surface area contributed by atoms with Crippen LogP contribution in [0.15, 0.2) is 82.6 Å². The minimum absolute atomic E-state index is 0.00908. The van der Waals surface area contributed by atoms with Gasteiger partial charge in [-0.1, -0.05) is 44.2 Å². The third-order valence-corrected chi connectivity index (χ3v) is 8.50. The Morgan fingerprint density at radius 3 is 2.15 bits per heavy atom. The molecule has 3 aromatic rings. The van der Waals surface area contributed by atoms with Crippen molar-refractivity contribution in [3.8, 4) is 11.5 Å². The van der Waals surface area contributed by atoms with Gasteiger partial charge in [-0.15, -0.1) is 0 Å². The Morgan fingerprint density at radius 1 is 0.925 bits per heavy atom. The summed E-state index contributed by atoms with van der Waals surface area (Å²) in [6.07, 6.45) is 4.48. The summed E-state index contributed by atoms with van der Waals surface area (Å²) in [7, 11) is -5.35. The second-order valence-corrected chi connectivity index (χ2v) is 11.8. The second kappa shape index (κ2) is 14.1. The molecule has 0 saturated heterocycles. The van der Waals surface area contributed by atoms with Crippen LogP contribution in [0.2, 0.25) is 0 Å². The molecule has 0 aromatic heterocycles. The summed E-state index contributed by atoms with van der Waals surface area (Å²) in [5, 5.41) is 0. The van der Waals surface area contributed by atoms with E-state index in [9.17, 15) is 21.6 Å². The number of benzene rings is 3. The number of rotatable bonds is 13. The quantitative estimate of drug-likeness (QED) is 0.118. The van der Waals surface area contributed by atoms with Gasteiger partial charge in [-0.3, -0.25) is 0 Å². The number of thiol groups is 1. The molecule has 40 heavy (non-hydrogen) atoms. The van der Waals surface area contributed by atoms with Gasteiger partial charge in [0.2, 0.25) is 0 Å². The summed E-state index contributed by atoms with van der Waals surface area (Å²) >= 11 is 0. The number of methoxy groups -OCH3 is 1. The Hall–Kier alpha value is -3.63. The number of hydrogen-bond acceptors (Lipinski definition) is 8. The van der Waals surface area contributed by atoms with Crippen LogP contribution in [-0.4, -0.2) is 36.5 Å². The molecule has 0 aliphatic heterocycles. The molecule has 10 heteroatoms. The third kappa shape index (κ3) is 8.19. The Labute approximate surface area is 237 Å². The molecule has 0 amide bonds. The van der Waals surface area contributed by atoms with E-state index in [0.29, 0.717) is 5.56 Å². The van der Waals surface area contributed by atoms with Gasteiger partial charge >= 0.3 is 16.1 Å². The van der Waals surface area contributed by atoms with Crippen LogP contribution in [-0.2, 0) is 30.4 Å². The van der Waals surface area contributed by atoms with Gasteiger partial charge in [-0.05, 0) is 90.8 Å². The molecule has 0 aliphatic carbocycles. The number of ether oxygens (including phenoxy) is 2. The molecular formula is C30H34O8S2. The monoisotopic (exact) mass is 586 g/mol. The van der Waals surface area contributed by atoms with Gasteiger partial charge in [-0.25, -0.2) is 13.2 Å². The van der Waals surface area contributed by atoms with Crippen LogP contribution < -0.4 is 8.92 Å². The van der Waals surface area contributed by atoms with Crippen molar-refractivity contribution in [2.75, 3.05) is 13.7 Å². The number of hydrogen-bond donors (Lipinski definition) is 1. The Morgan fingerprint density at radius 2 is 1.57 bits per heavy atom. The van der Waals surface area contributed by atoms with E-state index in [-0.39, 0.29) is 39.7 Å². The molecule has 3 aromatic carbocycles. The maximum absolute atomic E-state index is 13.0. The first-order valence-electron chi connectivity index (χ1n) is 12.9. The second-order valence-electron chi connectivity index (χ2n) is 9.19. The van der Waals surface area contributed by atoms with Crippen molar-refractivity contribution in [3.05, 3.63) is 89.5 Å². The SMILES string of the molecule is CCOC(=O)/C=C/c1ccc(OS(=O)(=O)c2ccc(C(CC)CC(C)c3ccc([SH](=O)=O)cc3)cc2)c(OC)c1. The van der Waals surface area contributed by atoms with Crippen molar-refractivity contribution in [1.82, 2.24) is 0 Å². The lowest BCUT2D eigenvalue weighted by molar-refractivity contribution is -0.137. The maximum atomic E-state index is 13.0. The largest absolute Gasteiger partial charge is 0.493 e. The molecule has 3 rings (SSSR count). The Balaban J connectivity index is 1.73. The third-order valence-electron chi connectivity index (χ3n) is 6.53. The summed E-state index contributed by atoms with van der Waals surface area (Å²) in [4.78, 5) is 11.9. The van der Waals surface area contributed by atoms with E-state index in [1.165, 1.54) is 37.5 Å². The number of carbonyl (C=O) groups is 1. The van der Waals surface area contributed by atoms with E-state index >= 15 is 0 Å². The van der Waals surface area contributed by atoms with Crippen molar-refractivity contribution in [1.29, 1.82) is 0 Å². The predicted octanol–water partition coefficient (Wildman–Crippen LogP) is 5.70. The number of esters is 1. The summed E-state index contributed by atoms with van der Waals surface area (Å²) in [5.74, 6) is 0.0897. The van der Waals surface area contributed by atoms with E-state index in [4.69, 9.17) is 13.7 Å². The highest BCUT2D eigenvalue weighted by Gasteiger charge is 2.21. The fourth-order valence-electron chi connectivity index (χ4n) is 4.31. The zero-order valence-corrected chi connectivity index (χ0v) is 24.6. The standard InChI is InChI=1S/C30H34O8S2/c1-5-23(19-21(3)24-9-13-26(14-10-24)39(32)33)25-11-15-27(16-12-25)40(34,35)38-28-17-7-22(20-29(28)36-4)8-18-30(31)37-6-2/h7-18,20-21,23,39H,5-6,19H2,1-4H3/b18-8+. The normalized spacial score (nSPS) is 13.2. The summed E-state index contributed by atoms with van der Waals surface area (Å²) < 4.78 is 64.0. The highest BCUT2D eigenvalue weighted by Crippen LogP contribution is 2.34.